The maximum Gasteiger partial charge on any atom is 0.0942 e. The van der Waals surface area contributed by atoms with Gasteiger partial charge in [0.25, 0.3) is 0 Å². The SMILES string of the molecule is Cc1cc(Cl)c(C(Cl)c2ccc(Br)s2)cc1C. The van der Waals surface area contributed by atoms with Crippen molar-refractivity contribution in [2.45, 2.75) is 19.2 Å². The minimum Gasteiger partial charge on any atom is -0.131 e. The highest BCUT2D eigenvalue weighted by atomic mass is 79.9. The predicted molar refractivity (Wildman–Crippen MR) is 80.6 cm³/mol. The van der Waals surface area contributed by atoms with E-state index in [0.29, 0.717) is 0 Å². The first-order chi connectivity index (χ1) is 7.99. The van der Waals surface area contributed by atoms with Crippen LogP contribution in [0.2, 0.25) is 5.02 Å². The molecule has 1 heterocycles. The van der Waals surface area contributed by atoms with Crippen LogP contribution in [0.1, 0.15) is 26.9 Å². The molecule has 0 aliphatic rings. The van der Waals surface area contributed by atoms with Crippen LogP contribution in [0.15, 0.2) is 28.1 Å². The first-order valence-corrected chi connectivity index (χ1v) is 7.57. The van der Waals surface area contributed by atoms with Crippen molar-refractivity contribution in [2.24, 2.45) is 0 Å². The topological polar surface area (TPSA) is 0 Å². The average molecular weight is 350 g/mol. The largest absolute Gasteiger partial charge is 0.131 e. The van der Waals surface area contributed by atoms with Crippen LogP contribution in [0.25, 0.3) is 0 Å². The summed E-state index contributed by atoms with van der Waals surface area (Å²) >= 11 is 17.8. The van der Waals surface area contributed by atoms with E-state index < -0.39 is 0 Å². The number of thiophene rings is 1. The standard InChI is InChI=1S/C13H11BrCl2S/c1-7-5-9(10(15)6-8(7)2)13(16)11-3-4-12(14)17-11/h3-6,13H,1-2H3. The molecule has 0 aliphatic heterocycles. The Balaban J connectivity index is 2.43. The lowest BCUT2D eigenvalue weighted by Crippen LogP contribution is -1.94. The Morgan fingerprint density at radius 1 is 1.18 bits per heavy atom. The van der Waals surface area contributed by atoms with E-state index in [4.69, 9.17) is 23.2 Å². The van der Waals surface area contributed by atoms with Crippen LogP contribution >= 0.6 is 50.5 Å². The highest BCUT2D eigenvalue weighted by molar-refractivity contribution is 9.11. The molecule has 0 nitrogen and oxygen atoms in total. The normalized spacial score (nSPS) is 12.8. The zero-order valence-corrected chi connectivity index (χ0v) is 13.3. The van der Waals surface area contributed by atoms with E-state index in [0.717, 1.165) is 19.2 Å². The first-order valence-electron chi connectivity index (χ1n) is 5.15. The second kappa shape index (κ2) is 5.31. The molecular weight excluding hydrogens is 339 g/mol. The summed E-state index contributed by atoms with van der Waals surface area (Å²) < 4.78 is 1.08. The molecule has 1 aromatic carbocycles. The third-order valence-corrected chi connectivity index (χ3v) is 5.35. The van der Waals surface area contributed by atoms with Crippen molar-refractivity contribution in [1.29, 1.82) is 0 Å². The molecule has 0 bridgehead atoms. The zero-order chi connectivity index (χ0) is 12.6. The molecule has 0 aliphatic carbocycles. The van der Waals surface area contributed by atoms with Gasteiger partial charge in [-0.1, -0.05) is 17.7 Å². The molecule has 0 spiro atoms. The molecule has 17 heavy (non-hydrogen) atoms. The van der Waals surface area contributed by atoms with Gasteiger partial charge in [0.05, 0.1) is 9.16 Å². The Morgan fingerprint density at radius 2 is 1.82 bits per heavy atom. The molecule has 1 aromatic heterocycles. The van der Waals surface area contributed by atoms with Crippen LogP contribution in [-0.4, -0.2) is 0 Å². The van der Waals surface area contributed by atoms with Gasteiger partial charge < -0.3 is 0 Å². The van der Waals surface area contributed by atoms with Crippen molar-refractivity contribution in [3.05, 3.63) is 54.6 Å². The lowest BCUT2D eigenvalue weighted by atomic mass is 10.0. The second-order valence-electron chi connectivity index (χ2n) is 3.96. The van der Waals surface area contributed by atoms with Gasteiger partial charge in [-0.3, -0.25) is 0 Å². The number of aryl methyl sites for hydroxylation is 2. The van der Waals surface area contributed by atoms with E-state index in [-0.39, 0.29) is 5.38 Å². The van der Waals surface area contributed by atoms with Crippen LogP contribution in [0.4, 0.5) is 0 Å². The second-order valence-corrected chi connectivity index (χ2v) is 7.30. The Kier molecular flexibility index (Phi) is 4.19. The van der Waals surface area contributed by atoms with Gasteiger partial charge in [-0.25, -0.2) is 0 Å². The molecule has 2 rings (SSSR count). The number of hydrogen-bond donors (Lipinski definition) is 0. The molecule has 1 unspecified atom stereocenters. The Hall–Kier alpha value is -0.0200. The Labute approximate surface area is 124 Å². The van der Waals surface area contributed by atoms with E-state index in [1.54, 1.807) is 11.3 Å². The molecule has 4 heteroatoms. The summed E-state index contributed by atoms with van der Waals surface area (Å²) in [6.45, 7) is 4.12. The van der Waals surface area contributed by atoms with E-state index in [1.807, 2.05) is 18.2 Å². The molecule has 0 amide bonds. The number of rotatable bonds is 2. The van der Waals surface area contributed by atoms with Gasteiger partial charge >= 0.3 is 0 Å². The van der Waals surface area contributed by atoms with E-state index in [1.165, 1.54) is 11.1 Å². The molecule has 0 saturated carbocycles. The van der Waals surface area contributed by atoms with Crippen LogP contribution in [0.5, 0.6) is 0 Å². The van der Waals surface area contributed by atoms with Crippen LogP contribution < -0.4 is 0 Å². The number of halogens is 3. The van der Waals surface area contributed by atoms with Crippen molar-refractivity contribution in [1.82, 2.24) is 0 Å². The van der Waals surface area contributed by atoms with Crippen molar-refractivity contribution >= 4 is 50.5 Å². The lowest BCUT2D eigenvalue weighted by Gasteiger charge is -2.12. The third kappa shape index (κ3) is 2.87. The fraction of sp³-hybridized carbons (Fsp3) is 0.231. The average Bonchev–Trinajstić information content (AvgIpc) is 2.69. The molecule has 2 aromatic rings. The molecule has 0 saturated heterocycles. The van der Waals surface area contributed by atoms with Gasteiger partial charge in [-0.15, -0.1) is 22.9 Å². The molecule has 1 atom stereocenters. The number of benzene rings is 1. The van der Waals surface area contributed by atoms with Crippen molar-refractivity contribution in [3.63, 3.8) is 0 Å². The lowest BCUT2D eigenvalue weighted by molar-refractivity contribution is 1.16. The van der Waals surface area contributed by atoms with Crippen LogP contribution in [0.3, 0.4) is 0 Å². The number of hydrogen-bond acceptors (Lipinski definition) is 1. The van der Waals surface area contributed by atoms with Gasteiger partial charge in [-0.2, -0.15) is 0 Å². The van der Waals surface area contributed by atoms with Gasteiger partial charge in [0, 0.05) is 9.90 Å². The predicted octanol–water partition coefficient (Wildman–Crippen LogP) is 6.11. The van der Waals surface area contributed by atoms with E-state index >= 15 is 0 Å². The van der Waals surface area contributed by atoms with Gasteiger partial charge in [0.15, 0.2) is 0 Å². The fourth-order valence-corrected chi connectivity index (χ4v) is 3.81. The molecule has 90 valence electrons. The third-order valence-electron chi connectivity index (χ3n) is 2.73. The monoisotopic (exact) mass is 348 g/mol. The van der Waals surface area contributed by atoms with Crippen LogP contribution in [0, 0.1) is 13.8 Å². The van der Waals surface area contributed by atoms with E-state index in [9.17, 15) is 0 Å². The summed E-state index contributed by atoms with van der Waals surface area (Å²) in [5.74, 6) is 0. The molecule has 0 radical (unpaired) electrons. The molecule has 0 fully saturated rings. The number of alkyl halides is 1. The highest BCUT2D eigenvalue weighted by Crippen LogP contribution is 2.39. The molecule has 0 N–H and O–H groups in total. The smallest absolute Gasteiger partial charge is 0.0942 e. The van der Waals surface area contributed by atoms with Crippen LogP contribution in [-0.2, 0) is 0 Å². The minimum atomic E-state index is -0.182. The maximum absolute atomic E-state index is 6.48. The van der Waals surface area contributed by atoms with Crippen molar-refractivity contribution < 1.29 is 0 Å². The fourth-order valence-electron chi connectivity index (χ4n) is 1.62. The van der Waals surface area contributed by atoms with Gasteiger partial charge in [0.1, 0.15) is 0 Å². The van der Waals surface area contributed by atoms with Crippen molar-refractivity contribution in [2.75, 3.05) is 0 Å². The molecular formula is C13H11BrCl2S. The summed E-state index contributed by atoms with van der Waals surface area (Å²) in [5, 5.41) is 0.552. The summed E-state index contributed by atoms with van der Waals surface area (Å²) in [6, 6.07) is 8.08. The quantitative estimate of drug-likeness (QED) is 0.574. The van der Waals surface area contributed by atoms with Gasteiger partial charge in [-0.05, 0) is 64.7 Å². The Morgan fingerprint density at radius 3 is 2.41 bits per heavy atom. The maximum atomic E-state index is 6.48. The summed E-state index contributed by atoms with van der Waals surface area (Å²) in [4.78, 5) is 1.10. The van der Waals surface area contributed by atoms with Crippen molar-refractivity contribution in [3.8, 4) is 0 Å². The minimum absolute atomic E-state index is 0.182. The Bertz CT molecular complexity index is 548. The first kappa shape index (κ1) is 13.4. The summed E-state index contributed by atoms with van der Waals surface area (Å²) in [6.07, 6.45) is 0. The van der Waals surface area contributed by atoms with E-state index in [2.05, 4.69) is 35.8 Å². The summed E-state index contributed by atoms with van der Waals surface area (Å²) in [7, 11) is 0. The summed E-state index contributed by atoms with van der Waals surface area (Å²) in [5.41, 5.74) is 3.38. The zero-order valence-electron chi connectivity index (χ0n) is 9.43. The highest BCUT2D eigenvalue weighted by Gasteiger charge is 2.17. The van der Waals surface area contributed by atoms with Gasteiger partial charge in [0.2, 0.25) is 0 Å².